The Kier molecular flexibility index (Phi) is 4.63. The molecule has 2 aromatic rings. The molecule has 2 aromatic carbocycles. The third-order valence-electron chi connectivity index (χ3n) is 2.86. The molecular weight excluding hydrogens is 354 g/mol. The normalized spacial score (nSPS) is 10.9. The third kappa shape index (κ3) is 3.82. The molecule has 21 heavy (non-hydrogen) atoms. The summed E-state index contributed by atoms with van der Waals surface area (Å²) in [6.45, 7) is 0.468. The summed E-state index contributed by atoms with van der Waals surface area (Å²) in [4.78, 5) is 0.0754. The molecule has 0 bridgehead atoms. The van der Waals surface area contributed by atoms with Gasteiger partial charge in [-0.25, -0.2) is 13.6 Å². The molecule has 0 aliphatic carbocycles. The summed E-state index contributed by atoms with van der Waals surface area (Å²) in [6, 6.07) is 13.8. The number of hydrogen-bond donors (Lipinski definition) is 2. The van der Waals surface area contributed by atoms with Crippen molar-refractivity contribution in [2.24, 2.45) is 5.14 Å². The van der Waals surface area contributed by atoms with Gasteiger partial charge in [-0.2, -0.15) is 5.26 Å². The van der Waals surface area contributed by atoms with Crippen molar-refractivity contribution in [2.75, 3.05) is 5.32 Å². The van der Waals surface area contributed by atoms with E-state index < -0.39 is 10.0 Å². The Hall–Kier alpha value is -1.88. The number of halogens is 1. The highest BCUT2D eigenvalue weighted by Gasteiger charge is 2.08. The molecule has 0 amide bonds. The maximum absolute atomic E-state index is 11.2. The fourth-order valence-corrected chi connectivity index (χ4v) is 2.75. The maximum atomic E-state index is 11.2. The van der Waals surface area contributed by atoms with Crippen LogP contribution in [0.5, 0.6) is 0 Å². The van der Waals surface area contributed by atoms with Crippen molar-refractivity contribution in [3.63, 3.8) is 0 Å². The number of sulfonamides is 1. The van der Waals surface area contributed by atoms with E-state index in [-0.39, 0.29) is 4.90 Å². The van der Waals surface area contributed by atoms with Crippen molar-refractivity contribution in [1.29, 1.82) is 5.26 Å². The van der Waals surface area contributed by atoms with Gasteiger partial charge in [0.2, 0.25) is 10.0 Å². The Labute approximate surface area is 131 Å². The van der Waals surface area contributed by atoms with Crippen LogP contribution in [0.4, 0.5) is 5.69 Å². The van der Waals surface area contributed by atoms with Gasteiger partial charge in [0.1, 0.15) is 6.07 Å². The second-order valence-electron chi connectivity index (χ2n) is 4.32. The lowest BCUT2D eigenvalue weighted by Crippen LogP contribution is -2.12. The van der Waals surface area contributed by atoms with Gasteiger partial charge in [0.25, 0.3) is 0 Å². The Balaban J connectivity index is 2.15. The quantitative estimate of drug-likeness (QED) is 0.869. The van der Waals surface area contributed by atoms with Gasteiger partial charge in [0, 0.05) is 11.0 Å². The summed E-state index contributed by atoms with van der Waals surface area (Å²) in [5.74, 6) is 0. The number of anilines is 1. The minimum absolute atomic E-state index is 0.0754. The van der Waals surface area contributed by atoms with Crippen molar-refractivity contribution >= 4 is 31.6 Å². The summed E-state index contributed by atoms with van der Waals surface area (Å²) in [6.07, 6.45) is 0. The van der Waals surface area contributed by atoms with E-state index >= 15 is 0 Å². The molecule has 5 nitrogen and oxygen atoms in total. The number of rotatable bonds is 4. The second-order valence-corrected chi connectivity index (χ2v) is 6.73. The molecule has 0 fully saturated rings. The van der Waals surface area contributed by atoms with E-state index in [1.807, 2.05) is 12.1 Å². The van der Waals surface area contributed by atoms with Gasteiger partial charge < -0.3 is 5.32 Å². The van der Waals surface area contributed by atoms with Crippen LogP contribution in [0.25, 0.3) is 0 Å². The number of nitrogens with two attached hydrogens (primary N) is 1. The Bertz CT molecular complexity index is 796. The number of nitrogens with one attached hydrogen (secondary N) is 1. The Morgan fingerprint density at radius 2 is 1.86 bits per heavy atom. The van der Waals surface area contributed by atoms with Gasteiger partial charge in [-0.1, -0.05) is 18.2 Å². The van der Waals surface area contributed by atoms with Crippen LogP contribution in [0.1, 0.15) is 11.1 Å². The predicted molar refractivity (Wildman–Crippen MR) is 84.0 cm³/mol. The molecule has 0 aliphatic rings. The molecule has 108 valence electrons. The monoisotopic (exact) mass is 365 g/mol. The molecule has 7 heteroatoms. The van der Waals surface area contributed by atoms with Crippen LogP contribution in [0.2, 0.25) is 0 Å². The first kappa shape index (κ1) is 15.5. The molecular formula is C14H12BrN3O2S. The van der Waals surface area contributed by atoms with Gasteiger partial charge >= 0.3 is 0 Å². The van der Waals surface area contributed by atoms with E-state index in [0.29, 0.717) is 17.8 Å². The lowest BCUT2D eigenvalue weighted by atomic mass is 10.1. The van der Waals surface area contributed by atoms with Gasteiger partial charge in [0.15, 0.2) is 0 Å². The number of nitriles is 1. The zero-order valence-electron chi connectivity index (χ0n) is 10.9. The van der Waals surface area contributed by atoms with Gasteiger partial charge in [0.05, 0.1) is 16.1 Å². The fourth-order valence-electron chi connectivity index (χ4n) is 1.78. The van der Waals surface area contributed by atoms with E-state index in [1.54, 1.807) is 18.2 Å². The first-order valence-electron chi connectivity index (χ1n) is 5.96. The predicted octanol–water partition coefficient (Wildman–Crippen LogP) is 2.58. The van der Waals surface area contributed by atoms with Gasteiger partial charge in [-0.15, -0.1) is 0 Å². The minimum atomic E-state index is -3.67. The molecule has 0 aliphatic heterocycles. The average Bonchev–Trinajstić information content (AvgIpc) is 2.44. The number of primary sulfonamides is 1. The SMILES string of the molecule is N#Cc1c(Br)cccc1NCc1ccc(S(N)(=O)=O)cc1. The molecule has 0 heterocycles. The van der Waals surface area contributed by atoms with E-state index in [4.69, 9.17) is 10.4 Å². The van der Waals surface area contributed by atoms with E-state index in [9.17, 15) is 8.42 Å². The second kappa shape index (κ2) is 6.26. The highest BCUT2D eigenvalue weighted by molar-refractivity contribution is 9.10. The van der Waals surface area contributed by atoms with Gasteiger partial charge in [-0.3, -0.25) is 0 Å². The molecule has 0 saturated carbocycles. The van der Waals surface area contributed by atoms with Crippen molar-refractivity contribution < 1.29 is 8.42 Å². The average molecular weight is 366 g/mol. The first-order valence-corrected chi connectivity index (χ1v) is 8.30. The summed E-state index contributed by atoms with van der Waals surface area (Å²) in [5.41, 5.74) is 2.12. The number of benzene rings is 2. The molecule has 0 radical (unpaired) electrons. The molecule has 0 saturated heterocycles. The molecule has 0 spiro atoms. The molecule has 2 rings (SSSR count). The summed E-state index contributed by atoms with van der Waals surface area (Å²) in [5, 5.41) is 17.3. The van der Waals surface area contributed by atoms with Gasteiger partial charge in [-0.05, 0) is 45.8 Å². The van der Waals surface area contributed by atoms with Crippen LogP contribution in [0.15, 0.2) is 51.8 Å². The lowest BCUT2D eigenvalue weighted by molar-refractivity contribution is 0.598. The van der Waals surface area contributed by atoms with Crippen LogP contribution in [0.3, 0.4) is 0 Å². The standard InChI is InChI=1S/C14H12BrN3O2S/c15-13-2-1-3-14(12(13)8-16)18-9-10-4-6-11(7-5-10)21(17,19)20/h1-7,18H,9H2,(H2,17,19,20). The van der Waals surface area contributed by atoms with Crippen molar-refractivity contribution in [2.45, 2.75) is 11.4 Å². The summed E-state index contributed by atoms with van der Waals surface area (Å²) in [7, 11) is -3.67. The fraction of sp³-hybridized carbons (Fsp3) is 0.0714. The zero-order chi connectivity index (χ0) is 15.5. The topological polar surface area (TPSA) is 96.0 Å². The van der Waals surface area contributed by atoms with Crippen LogP contribution < -0.4 is 10.5 Å². The highest BCUT2D eigenvalue weighted by atomic mass is 79.9. The molecule has 0 unspecified atom stereocenters. The van der Waals surface area contributed by atoms with Crippen molar-refractivity contribution in [3.05, 3.63) is 58.1 Å². The van der Waals surface area contributed by atoms with E-state index in [0.717, 1.165) is 10.0 Å². The van der Waals surface area contributed by atoms with Crippen molar-refractivity contribution in [1.82, 2.24) is 0 Å². The highest BCUT2D eigenvalue weighted by Crippen LogP contribution is 2.24. The molecule has 0 atom stereocenters. The molecule has 3 N–H and O–H groups in total. The lowest BCUT2D eigenvalue weighted by Gasteiger charge is -2.09. The van der Waals surface area contributed by atoms with Crippen LogP contribution in [-0.2, 0) is 16.6 Å². The molecule has 0 aromatic heterocycles. The zero-order valence-corrected chi connectivity index (χ0v) is 13.3. The first-order chi connectivity index (χ1) is 9.91. The Morgan fingerprint density at radius 1 is 1.19 bits per heavy atom. The smallest absolute Gasteiger partial charge is 0.238 e. The van der Waals surface area contributed by atoms with E-state index in [1.165, 1.54) is 12.1 Å². The minimum Gasteiger partial charge on any atom is -0.380 e. The van der Waals surface area contributed by atoms with E-state index in [2.05, 4.69) is 27.3 Å². The number of hydrogen-bond acceptors (Lipinski definition) is 4. The summed E-state index contributed by atoms with van der Waals surface area (Å²) >= 11 is 3.32. The van der Waals surface area contributed by atoms with Crippen LogP contribution in [-0.4, -0.2) is 8.42 Å². The van der Waals surface area contributed by atoms with Crippen LogP contribution in [0, 0.1) is 11.3 Å². The van der Waals surface area contributed by atoms with Crippen molar-refractivity contribution in [3.8, 4) is 6.07 Å². The summed E-state index contributed by atoms with van der Waals surface area (Å²) < 4.78 is 23.1. The maximum Gasteiger partial charge on any atom is 0.238 e. The number of nitrogens with zero attached hydrogens (tertiary/aromatic N) is 1. The van der Waals surface area contributed by atoms with Crippen LogP contribution >= 0.6 is 15.9 Å². The largest absolute Gasteiger partial charge is 0.380 e. The Morgan fingerprint density at radius 3 is 2.43 bits per heavy atom. The third-order valence-corrected chi connectivity index (χ3v) is 4.45.